The Hall–Kier alpha value is -1.44. The van der Waals surface area contributed by atoms with E-state index in [1.165, 1.54) is 0 Å². The van der Waals surface area contributed by atoms with Crippen LogP contribution in [0.2, 0.25) is 0 Å². The highest BCUT2D eigenvalue weighted by atomic mass is 19.4. The van der Waals surface area contributed by atoms with Gasteiger partial charge in [0, 0.05) is 17.5 Å². The fraction of sp³-hybridized carbons (Fsp3) is 0.538. The smallest absolute Gasteiger partial charge is 0.417 e. The van der Waals surface area contributed by atoms with Crippen LogP contribution in [-0.2, 0) is 4.74 Å². The standard InChI is InChI=1S/C13H12F6O2/c1-12(13(17,18)19)5-7(6-20-12)9-3-2-8(14)4-10(9)21-11(15)16/h2-4,7,11H,5-6H2,1H3. The van der Waals surface area contributed by atoms with Crippen LogP contribution in [0.3, 0.4) is 0 Å². The van der Waals surface area contributed by atoms with Gasteiger partial charge in [0.1, 0.15) is 11.6 Å². The molecule has 2 rings (SSSR count). The summed E-state index contributed by atoms with van der Waals surface area (Å²) >= 11 is 0. The molecule has 0 aliphatic carbocycles. The maximum absolute atomic E-state index is 13.1. The lowest BCUT2D eigenvalue weighted by Gasteiger charge is -2.26. The molecule has 1 aromatic carbocycles. The molecule has 118 valence electrons. The summed E-state index contributed by atoms with van der Waals surface area (Å²) in [6.45, 7) is -2.60. The lowest BCUT2D eigenvalue weighted by molar-refractivity contribution is -0.255. The molecule has 2 nitrogen and oxygen atoms in total. The van der Waals surface area contributed by atoms with Gasteiger partial charge in [-0.1, -0.05) is 6.07 Å². The van der Waals surface area contributed by atoms with Crippen LogP contribution >= 0.6 is 0 Å². The molecule has 1 heterocycles. The van der Waals surface area contributed by atoms with E-state index in [1.54, 1.807) is 0 Å². The Balaban J connectivity index is 2.28. The maximum Gasteiger partial charge on any atom is 0.417 e. The van der Waals surface area contributed by atoms with Gasteiger partial charge in [-0.15, -0.1) is 0 Å². The van der Waals surface area contributed by atoms with Gasteiger partial charge in [0.05, 0.1) is 6.61 Å². The fourth-order valence-corrected chi connectivity index (χ4v) is 2.31. The van der Waals surface area contributed by atoms with E-state index < -0.39 is 42.3 Å². The molecule has 0 aromatic heterocycles. The molecule has 0 amide bonds. The topological polar surface area (TPSA) is 18.5 Å². The van der Waals surface area contributed by atoms with E-state index in [0.29, 0.717) is 0 Å². The molecule has 1 saturated heterocycles. The van der Waals surface area contributed by atoms with Gasteiger partial charge in [0.25, 0.3) is 0 Å². The van der Waals surface area contributed by atoms with Gasteiger partial charge in [-0.2, -0.15) is 22.0 Å². The zero-order valence-corrected chi connectivity index (χ0v) is 10.9. The molecule has 1 aromatic rings. The monoisotopic (exact) mass is 314 g/mol. The number of hydrogen-bond donors (Lipinski definition) is 0. The molecule has 2 unspecified atom stereocenters. The summed E-state index contributed by atoms with van der Waals surface area (Å²) in [6.07, 6.45) is -5.02. The van der Waals surface area contributed by atoms with Gasteiger partial charge < -0.3 is 9.47 Å². The van der Waals surface area contributed by atoms with Crippen molar-refractivity contribution in [1.82, 2.24) is 0 Å². The average Bonchev–Trinajstić information content (AvgIpc) is 2.72. The van der Waals surface area contributed by atoms with Crippen molar-refractivity contribution in [2.24, 2.45) is 0 Å². The van der Waals surface area contributed by atoms with E-state index in [2.05, 4.69) is 4.74 Å². The van der Waals surface area contributed by atoms with Crippen molar-refractivity contribution in [3.05, 3.63) is 29.6 Å². The number of hydrogen-bond acceptors (Lipinski definition) is 2. The van der Waals surface area contributed by atoms with Crippen molar-refractivity contribution >= 4 is 0 Å². The molecule has 1 fully saturated rings. The molecule has 8 heteroatoms. The summed E-state index contributed by atoms with van der Waals surface area (Å²) in [5.74, 6) is -2.08. The molecule has 0 saturated carbocycles. The fourth-order valence-electron chi connectivity index (χ4n) is 2.31. The molecule has 1 aliphatic rings. The SMILES string of the molecule is CC1(C(F)(F)F)CC(c2ccc(F)cc2OC(F)F)CO1. The second kappa shape index (κ2) is 5.40. The third-order valence-electron chi connectivity index (χ3n) is 3.47. The van der Waals surface area contributed by atoms with Crippen LogP contribution in [0, 0.1) is 5.82 Å². The van der Waals surface area contributed by atoms with E-state index in [9.17, 15) is 26.3 Å². The van der Waals surface area contributed by atoms with Gasteiger partial charge in [0.15, 0.2) is 5.60 Å². The summed E-state index contributed by atoms with van der Waals surface area (Å²) in [4.78, 5) is 0. The summed E-state index contributed by atoms with van der Waals surface area (Å²) in [7, 11) is 0. The Bertz CT molecular complexity index is 516. The molecule has 0 radical (unpaired) electrons. The van der Waals surface area contributed by atoms with Crippen LogP contribution in [0.5, 0.6) is 5.75 Å². The minimum atomic E-state index is -4.58. The number of halogens is 6. The Kier molecular flexibility index (Phi) is 4.10. The Morgan fingerprint density at radius 3 is 2.52 bits per heavy atom. The second-order valence-corrected chi connectivity index (χ2v) is 5.00. The molecule has 0 spiro atoms. The number of ether oxygens (including phenoxy) is 2. The first kappa shape index (κ1) is 15.9. The highest BCUT2D eigenvalue weighted by Crippen LogP contribution is 2.47. The summed E-state index contributed by atoms with van der Waals surface area (Å²) in [6, 6.07) is 2.85. The molecule has 2 atom stereocenters. The second-order valence-electron chi connectivity index (χ2n) is 5.00. The van der Waals surface area contributed by atoms with Crippen molar-refractivity contribution in [1.29, 1.82) is 0 Å². The minimum absolute atomic E-state index is 0.0738. The maximum atomic E-state index is 13.1. The number of benzene rings is 1. The van der Waals surface area contributed by atoms with Crippen LogP contribution in [0.1, 0.15) is 24.8 Å². The Morgan fingerprint density at radius 2 is 2.00 bits per heavy atom. The van der Waals surface area contributed by atoms with Crippen LogP contribution in [0.15, 0.2) is 18.2 Å². The molecular weight excluding hydrogens is 302 g/mol. The predicted molar refractivity (Wildman–Crippen MR) is 60.8 cm³/mol. The highest BCUT2D eigenvalue weighted by molar-refractivity contribution is 5.38. The summed E-state index contributed by atoms with van der Waals surface area (Å²) in [5.41, 5.74) is -2.28. The highest BCUT2D eigenvalue weighted by Gasteiger charge is 2.56. The Labute approximate surface area is 116 Å². The van der Waals surface area contributed by atoms with E-state index in [1.807, 2.05) is 0 Å². The zero-order valence-electron chi connectivity index (χ0n) is 10.9. The lowest BCUT2D eigenvalue weighted by Crippen LogP contribution is -2.41. The first-order valence-electron chi connectivity index (χ1n) is 6.07. The van der Waals surface area contributed by atoms with Gasteiger partial charge in [0.2, 0.25) is 0 Å². The largest absolute Gasteiger partial charge is 0.434 e. The molecule has 21 heavy (non-hydrogen) atoms. The van der Waals surface area contributed by atoms with Gasteiger partial charge in [-0.05, 0) is 19.4 Å². The quantitative estimate of drug-likeness (QED) is 0.777. The van der Waals surface area contributed by atoms with Crippen LogP contribution in [0.4, 0.5) is 26.3 Å². The molecular formula is C13H12F6O2. The van der Waals surface area contributed by atoms with E-state index in [0.717, 1.165) is 25.1 Å². The van der Waals surface area contributed by atoms with Gasteiger partial charge in [-0.25, -0.2) is 4.39 Å². The number of alkyl halides is 5. The minimum Gasteiger partial charge on any atom is -0.434 e. The first-order valence-corrected chi connectivity index (χ1v) is 6.07. The summed E-state index contributed by atoms with van der Waals surface area (Å²) < 4.78 is 85.3. The van der Waals surface area contributed by atoms with E-state index in [4.69, 9.17) is 4.74 Å². The number of rotatable bonds is 3. The molecule has 1 aliphatic heterocycles. The van der Waals surface area contributed by atoms with Crippen molar-refractivity contribution in [3.8, 4) is 5.75 Å². The first-order chi connectivity index (χ1) is 9.62. The third-order valence-corrected chi connectivity index (χ3v) is 3.47. The third kappa shape index (κ3) is 3.25. The van der Waals surface area contributed by atoms with Crippen molar-refractivity contribution in [3.63, 3.8) is 0 Å². The predicted octanol–water partition coefficient (Wildman–Crippen LogP) is 4.25. The average molecular weight is 314 g/mol. The Morgan fingerprint density at radius 1 is 1.33 bits per heavy atom. The van der Waals surface area contributed by atoms with Crippen molar-refractivity contribution in [2.75, 3.05) is 6.61 Å². The lowest BCUT2D eigenvalue weighted by atomic mass is 9.89. The summed E-state index contributed by atoms with van der Waals surface area (Å²) in [5, 5.41) is 0. The van der Waals surface area contributed by atoms with E-state index >= 15 is 0 Å². The molecule has 0 N–H and O–H groups in total. The van der Waals surface area contributed by atoms with Crippen LogP contribution in [0.25, 0.3) is 0 Å². The van der Waals surface area contributed by atoms with Gasteiger partial charge >= 0.3 is 12.8 Å². The van der Waals surface area contributed by atoms with Crippen LogP contribution in [-0.4, -0.2) is 25.0 Å². The molecule has 0 bridgehead atoms. The zero-order chi connectivity index (χ0) is 15.8. The van der Waals surface area contributed by atoms with E-state index in [-0.39, 0.29) is 12.2 Å². The van der Waals surface area contributed by atoms with Crippen LogP contribution < -0.4 is 4.74 Å². The normalized spacial score (nSPS) is 26.4. The van der Waals surface area contributed by atoms with Crippen molar-refractivity contribution in [2.45, 2.75) is 37.7 Å². The van der Waals surface area contributed by atoms with Crippen molar-refractivity contribution < 1.29 is 35.8 Å². The van der Waals surface area contributed by atoms with Gasteiger partial charge in [-0.3, -0.25) is 0 Å².